The van der Waals surface area contributed by atoms with Gasteiger partial charge in [-0.25, -0.2) is 0 Å². The Morgan fingerprint density at radius 1 is 0.879 bits per heavy atom. The number of carboxylic acid groups (broad SMARTS) is 1. The van der Waals surface area contributed by atoms with Crippen LogP contribution in [0.15, 0.2) is 52.3 Å². The average Bonchev–Trinajstić information content (AvgIpc) is 3.42. The van der Waals surface area contributed by atoms with E-state index in [9.17, 15) is 24.3 Å². The number of ether oxygens (including phenoxy) is 1. The van der Waals surface area contributed by atoms with Gasteiger partial charge in [0.2, 0.25) is 0 Å². The van der Waals surface area contributed by atoms with Gasteiger partial charge in [-0.15, -0.1) is 0 Å². The number of carboxylic acids is 1. The first kappa shape index (κ1) is 42.9. The van der Waals surface area contributed by atoms with E-state index in [1.54, 1.807) is 19.9 Å². The number of rotatable bonds is 10. The molecule has 1 aromatic heterocycles. The summed E-state index contributed by atoms with van der Waals surface area (Å²) in [5, 5.41) is 10.4. The van der Waals surface area contributed by atoms with Gasteiger partial charge in [-0.05, 0) is 148 Å². The number of Topliss-reactive ketones (excluding diaryl/α,β-unsaturated/α-hetero) is 1. The summed E-state index contributed by atoms with van der Waals surface area (Å²) in [5.74, 6) is 0.203. The van der Waals surface area contributed by atoms with Gasteiger partial charge in [0.25, 0.3) is 0 Å². The third kappa shape index (κ3) is 6.85. The molecule has 0 bridgehead atoms. The molecule has 5 aliphatic carbocycles. The second-order valence-electron chi connectivity index (χ2n) is 21.7. The number of benzene rings is 1. The van der Waals surface area contributed by atoms with Crippen LogP contribution in [0, 0.1) is 56.2 Å². The van der Waals surface area contributed by atoms with E-state index in [-0.39, 0.29) is 50.9 Å². The van der Waals surface area contributed by atoms with Gasteiger partial charge in [-0.1, -0.05) is 77.8 Å². The van der Waals surface area contributed by atoms with Gasteiger partial charge in [0, 0.05) is 52.8 Å². The number of aromatic nitrogens is 1. The third-order valence-corrected chi connectivity index (χ3v) is 17.8. The molecule has 5 aliphatic rings. The zero-order valence-electron chi connectivity index (χ0n) is 36.9. The van der Waals surface area contributed by atoms with Crippen molar-refractivity contribution in [3.8, 4) is 0 Å². The molecule has 8 atom stereocenters. The molecule has 4 fully saturated rings. The molecule has 58 heavy (non-hydrogen) atoms. The predicted molar refractivity (Wildman–Crippen MR) is 230 cm³/mol. The van der Waals surface area contributed by atoms with Crippen LogP contribution in [0.5, 0.6) is 0 Å². The van der Waals surface area contributed by atoms with Crippen molar-refractivity contribution >= 4 is 29.3 Å². The summed E-state index contributed by atoms with van der Waals surface area (Å²) in [4.78, 5) is 52.7. The SMILES string of the molecule is CC(C)C1=C2[C@H]3CC[C@H]4[C@@]5(C)CC[C@H](OC(=O)CC(C)(C)C(=O)O)C(C)(C)[C@H]5CC[C@@]4(C)[C@]3(C)CC[C@@]2(Cc2cc(=O)cc(CCc3ccc(Cl)cc3)n2C)CC1=O. The van der Waals surface area contributed by atoms with Crippen molar-refractivity contribution in [1.82, 2.24) is 4.57 Å². The first-order valence-corrected chi connectivity index (χ1v) is 22.5. The molecule has 316 valence electrons. The van der Waals surface area contributed by atoms with Gasteiger partial charge in [-0.3, -0.25) is 19.2 Å². The van der Waals surface area contributed by atoms with Crippen molar-refractivity contribution in [3.05, 3.63) is 79.7 Å². The number of hydrogen-bond acceptors (Lipinski definition) is 5. The Labute approximate surface area is 351 Å². The number of nitrogens with zero attached hydrogens (tertiary/aromatic N) is 1. The topological polar surface area (TPSA) is 103 Å². The predicted octanol–water partition coefficient (Wildman–Crippen LogP) is 10.8. The number of carbonyl (C=O) groups is 3. The highest BCUT2D eigenvalue weighted by Gasteiger charge is 2.70. The van der Waals surface area contributed by atoms with Gasteiger partial charge in [0.05, 0.1) is 11.8 Å². The lowest BCUT2D eigenvalue weighted by Crippen LogP contribution is -2.65. The molecule has 0 saturated heterocycles. The summed E-state index contributed by atoms with van der Waals surface area (Å²) >= 11 is 6.15. The van der Waals surface area contributed by atoms with Gasteiger partial charge < -0.3 is 14.4 Å². The summed E-state index contributed by atoms with van der Waals surface area (Å²) in [5.41, 5.74) is 4.18. The molecule has 7 nitrogen and oxygen atoms in total. The van der Waals surface area contributed by atoms with E-state index in [1.807, 2.05) is 18.2 Å². The average molecular weight is 815 g/mol. The summed E-state index contributed by atoms with van der Waals surface area (Å²) in [6.07, 6.45) is 10.5. The quantitative estimate of drug-likeness (QED) is 0.240. The Bertz CT molecular complexity index is 2080. The molecule has 7 rings (SSSR count). The van der Waals surface area contributed by atoms with Gasteiger partial charge >= 0.3 is 11.9 Å². The van der Waals surface area contributed by atoms with E-state index < -0.39 is 17.4 Å². The smallest absolute Gasteiger partial charge is 0.309 e. The lowest BCUT2D eigenvalue weighted by Gasteiger charge is -2.72. The van der Waals surface area contributed by atoms with E-state index in [4.69, 9.17) is 16.3 Å². The highest BCUT2D eigenvalue weighted by molar-refractivity contribution is 6.30. The first-order valence-electron chi connectivity index (χ1n) is 22.1. The number of hydrogen-bond donors (Lipinski definition) is 1. The summed E-state index contributed by atoms with van der Waals surface area (Å²) < 4.78 is 8.43. The number of carbonyl (C=O) groups excluding carboxylic acids is 2. The van der Waals surface area contributed by atoms with Gasteiger partial charge in [-0.2, -0.15) is 0 Å². The number of esters is 1. The molecule has 1 heterocycles. The van der Waals surface area contributed by atoms with E-state index in [1.165, 1.54) is 11.1 Å². The van der Waals surface area contributed by atoms with Crippen LogP contribution in [-0.4, -0.2) is 33.5 Å². The Kier molecular flexibility index (Phi) is 10.9. The van der Waals surface area contributed by atoms with E-state index in [0.717, 1.165) is 81.2 Å². The molecule has 2 aromatic rings. The number of ketones is 1. The molecule has 1 N–H and O–H groups in total. The number of aliphatic carboxylic acids is 1. The zero-order chi connectivity index (χ0) is 42.4. The maximum Gasteiger partial charge on any atom is 0.309 e. The van der Waals surface area contributed by atoms with Crippen molar-refractivity contribution in [2.45, 2.75) is 152 Å². The number of allylic oxidation sites excluding steroid dienone is 2. The van der Waals surface area contributed by atoms with Crippen LogP contribution in [0.3, 0.4) is 0 Å². The van der Waals surface area contributed by atoms with Crippen LogP contribution >= 0.6 is 11.6 Å². The number of aryl methyl sites for hydroxylation is 2. The van der Waals surface area contributed by atoms with Gasteiger partial charge in [0.1, 0.15) is 6.10 Å². The van der Waals surface area contributed by atoms with Crippen molar-refractivity contribution in [1.29, 1.82) is 0 Å². The molecule has 4 saturated carbocycles. The monoisotopic (exact) mass is 813 g/mol. The minimum absolute atomic E-state index is 0.00960. The summed E-state index contributed by atoms with van der Waals surface area (Å²) in [6.45, 7) is 19.8. The Hall–Kier alpha value is -3.19. The molecular weight excluding hydrogens is 746 g/mol. The molecule has 0 radical (unpaired) electrons. The fourth-order valence-corrected chi connectivity index (χ4v) is 14.3. The van der Waals surface area contributed by atoms with Crippen LogP contribution in [0.1, 0.15) is 143 Å². The van der Waals surface area contributed by atoms with Crippen molar-refractivity contribution in [2.75, 3.05) is 0 Å². The molecular formula is C50H68ClNO6. The minimum Gasteiger partial charge on any atom is -0.481 e. The Balaban J connectivity index is 1.18. The molecule has 0 unspecified atom stereocenters. The van der Waals surface area contributed by atoms with Crippen LogP contribution in [0.4, 0.5) is 0 Å². The van der Waals surface area contributed by atoms with E-state index >= 15 is 0 Å². The zero-order valence-corrected chi connectivity index (χ0v) is 37.6. The van der Waals surface area contributed by atoms with Crippen LogP contribution in [-0.2, 0) is 45.4 Å². The molecule has 0 aliphatic heterocycles. The Morgan fingerprint density at radius 2 is 1.55 bits per heavy atom. The number of fused-ring (bicyclic) bond motifs is 7. The third-order valence-electron chi connectivity index (χ3n) is 17.5. The number of halogens is 1. The first-order chi connectivity index (χ1) is 27.0. The highest BCUT2D eigenvalue weighted by Crippen LogP contribution is 2.77. The second kappa shape index (κ2) is 14.8. The van der Waals surface area contributed by atoms with Crippen molar-refractivity contribution < 1.29 is 24.2 Å². The van der Waals surface area contributed by atoms with Crippen LogP contribution < -0.4 is 5.43 Å². The second-order valence-corrected chi connectivity index (χ2v) is 22.2. The standard InChI is InChI=1S/C50H68ClNO6/c1-30(2)42-37(54)28-50(27-34-26-35(53)25-33(52(34)10)16-13-31-11-14-32(51)15-12-31)24-23-48(8)36(43(42)50)17-18-39-47(7)21-20-40(58-41(55)29-45(3,4)44(56)57)46(5,6)38(47)19-22-49(39,48)9/h11-12,14-15,25-26,30,36,38-40H,13,16-24,27-29H2,1-10H3,(H,56,57)/t36-,38-,39+,40+,47+,48-,49-,50-/m1/s1. The summed E-state index contributed by atoms with van der Waals surface area (Å²) in [7, 11) is 2.10. The van der Waals surface area contributed by atoms with Crippen molar-refractivity contribution in [3.63, 3.8) is 0 Å². The van der Waals surface area contributed by atoms with Crippen LogP contribution in [0.25, 0.3) is 0 Å². The van der Waals surface area contributed by atoms with Gasteiger partial charge in [0.15, 0.2) is 11.2 Å². The lowest BCUT2D eigenvalue weighted by atomic mass is 9.33. The summed E-state index contributed by atoms with van der Waals surface area (Å²) in [6, 6.07) is 11.5. The van der Waals surface area contributed by atoms with E-state index in [0.29, 0.717) is 41.4 Å². The Morgan fingerprint density at radius 3 is 2.21 bits per heavy atom. The van der Waals surface area contributed by atoms with E-state index in [2.05, 4.69) is 72.2 Å². The molecule has 0 amide bonds. The normalized spacial score (nSPS) is 34.2. The molecule has 0 spiro atoms. The van der Waals surface area contributed by atoms with Crippen LogP contribution in [0.2, 0.25) is 5.02 Å². The molecule has 8 heteroatoms. The fraction of sp³-hybridized carbons (Fsp3) is 0.680. The highest BCUT2D eigenvalue weighted by atomic mass is 35.5. The largest absolute Gasteiger partial charge is 0.481 e. The molecule has 1 aromatic carbocycles. The number of pyridine rings is 1. The maximum absolute atomic E-state index is 14.3. The lowest BCUT2D eigenvalue weighted by molar-refractivity contribution is -0.233. The maximum atomic E-state index is 14.3. The minimum atomic E-state index is -1.17. The van der Waals surface area contributed by atoms with Crippen molar-refractivity contribution in [2.24, 2.45) is 63.2 Å². The fourth-order valence-electron chi connectivity index (χ4n) is 14.2.